The molecular weight excluding hydrogens is 638 g/mol. The van der Waals surface area contributed by atoms with Gasteiger partial charge in [0.15, 0.2) is 11.5 Å². The Morgan fingerprint density at radius 2 is 1.77 bits per heavy atom. The number of benzene rings is 2. The molecule has 0 spiro atoms. The lowest BCUT2D eigenvalue weighted by Crippen LogP contribution is -2.67. The van der Waals surface area contributed by atoms with Crippen molar-refractivity contribution in [3.63, 3.8) is 0 Å². The average Bonchev–Trinajstić information content (AvgIpc) is 2.93. The second kappa shape index (κ2) is 10.5. The Morgan fingerprint density at radius 3 is 2.40 bits per heavy atom. The van der Waals surface area contributed by atoms with E-state index in [1.54, 1.807) is 31.2 Å². The normalized spacial score (nSPS) is 25.8. The van der Waals surface area contributed by atoms with Crippen LogP contribution in [0.1, 0.15) is 48.0 Å². The van der Waals surface area contributed by atoms with Crippen LogP contribution in [0.15, 0.2) is 46.9 Å². The van der Waals surface area contributed by atoms with E-state index in [0.29, 0.717) is 20.9 Å². The number of carboxylic acid groups (broad SMARTS) is 1. The van der Waals surface area contributed by atoms with E-state index in [4.69, 9.17) is 4.74 Å². The molecule has 3 aromatic rings. The Bertz CT molecular complexity index is 1600. The zero-order valence-electron chi connectivity index (χ0n) is 23.0. The number of carbonyl (C=O) groups is 2. The van der Waals surface area contributed by atoms with Gasteiger partial charge in [-0.15, -0.1) is 0 Å². The topological polar surface area (TPSA) is 101 Å². The van der Waals surface area contributed by atoms with Crippen molar-refractivity contribution >= 4 is 44.5 Å². The van der Waals surface area contributed by atoms with E-state index >= 15 is 0 Å². The molecule has 0 unspecified atom stereocenters. The van der Waals surface area contributed by atoms with E-state index in [9.17, 15) is 32.3 Å². The molecule has 8 nitrogen and oxygen atoms in total. The van der Waals surface area contributed by atoms with Gasteiger partial charge in [0, 0.05) is 21.8 Å². The highest BCUT2D eigenvalue weighted by molar-refractivity contribution is 9.10. The fourth-order valence-corrected chi connectivity index (χ4v) is 7.04. The monoisotopic (exact) mass is 665 g/mol. The maximum Gasteiger partial charge on any atom is 0.387 e. The van der Waals surface area contributed by atoms with Crippen LogP contribution in [-0.2, 0) is 4.79 Å². The number of carbonyl (C=O) groups excluding carboxylic acids is 1. The van der Waals surface area contributed by atoms with Gasteiger partial charge in [0.1, 0.15) is 11.9 Å². The number of anilines is 1. The van der Waals surface area contributed by atoms with Crippen molar-refractivity contribution in [1.29, 1.82) is 0 Å². The van der Waals surface area contributed by atoms with Crippen molar-refractivity contribution in [2.45, 2.75) is 63.2 Å². The first-order valence-electron chi connectivity index (χ1n) is 13.8. The zero-order chi connectivity index (χ0) is 30.7. The van der Waals surface area contributed by atoms with E-state index in [1.807, 2.05) is 0 Å². The van der Waals surface area contributed by atoms with Crippen LogP contribution in [-0.4, -0.2) is 59.2 Å². The number of carboxylic acids is 1. The van der Waals surface area contributed by atoms with Gasteiger partial charge in [-0.3, -0.25) is 9.59 Å². The van der Waals surface area contributed by atoms with Crippen LogP contribution in [0.25, 0.3) is 10.9 Å². The number of fused-ring (bicyclic) bond motifs is 4. The fraction of sp³-hybridized carbons (Fsp3) is 0.433. The Morgan fingerprint density at radius 1 is 1.09 bits per heavy atom. The van der Waals surface area contributed by atoms with Gasteiger partial charge < -0.3 is 24.8 Å². The molecule has 1 atom stereocenters. The van der Waals surface area contributed by atoms with Gasteiger partial charge in [0.25, 0.3) is 11.8 Å². The molecule has 43 heavy (non-hydrogen) atoms. The molecule has 3 saturated carbocycles. The van der Waals surface area contributed by atoms with E-state index in [1.165, 1.54) is 23.1 Å². The summed E-state index contributed by atoms with van der Waals surface area (Å²) in [5.74, 6) is -4.24. The van der Waals surface area contributed by atoms with Gasteiger partial charge >= 0.3 is 12.6 Å². The summed E-state index contributed by atoms with van der Waals surface area (Å²) < 4.78 is 65.4. The summed E-state index contributed by atoms with van der Waals surface area (Å²) in [7, 11) is 0. The van der Waals surface area contributed by atoms with Crippen molar-refractivity contribution in [1.82, 2.24) is 10.3 Å². The lowest BCUT2D eigenvalue weighted by molar-refractivity contribution is -0.163. The maximum atomic E-state index is 14.3. The summed E-state index contributed by atoms with van der Waals surface area (Å²) in [5.41, 5.74) is -0.994. The molecule has 2 aromatic carbocycles. The van der Waals surface area contributed by atoms with Gasteiger partial charge in [0.2, 0.25) is 0 Å². The third-order valence-corrected chi connectivity index (χ3v) is 9.47. The largest absolute Gasteiger partial charge is 0.484 e. The number of halogens is 5. The molecule has 3 aliphatic carbocycles. The first-order valence-corrected chi connectivity index (χ1v) is 14.6. The third kappa shape index (κ3) is 5.25. The van der Waals surface area contributed by atoms with Crippen LogP contribution < -0.4 is 19.7 Å². The maximum absolute atomic E-state index is 14.3. The molecule has 1 aromatic heterocycles. The van der Waals surface area contributed by atoms with Gasteiger partial charge in [-0.1, -0.05) is 28.1 Å². The average molecular weight is 666 g/mol. The Kier molecular flexibility index (Phi) is 7.22. The molecule has 7 rings (SSSR count). The molecule has 0 radical (unpaired) electrons. The lowest BCUT2D eigenvalue weighted by Gasteiger charge is -2.55. The molecule has 2 N–H and O–H groups in total. The first-order chi connectivity index (χ1) is 20.3. The Hall–Kier alpha value is -3.61. The van der Waals surface area contributed by atoms with Gasteiger partial charge in [0.05, 0.1) is 35.1 Å². The summed E-state index contributed by atoms with van der Waals surface area (Å²) in [6.45, 7) is -2.47. The highest BCUT2D eigenvalue weighted by Gasteiger charge is 2.60. The second-order valence-electron chi connectivity index (χ2n) is 11.6. The molecule has 228 valence electrons. The molecule has 13 heteroatoms. The minimum Gasteiger partial charge on any atom is -0.484 e. The van der Waals surface area contributed by atoms with E-state index < -0.39 is 54.6 Å². The van der Waals surface area contributed by atoms with Crippen LogP contribution in [0.3, 0.4) is 0 Å². The van der Waals surface area contributed by atoms with Crippen LogP contribution >= 0.6 is 15.9 Å². The minimum absolute atomic E-state index is 0.00461. The van der Waals surface area contributed by atoms with Crippen LogP contribution in [0.2, 0.25) is 0 Å². The SMILES string of the molecule is Cc1c(N2CC(F)(F)C2)nc2ccc(Br)cc2c1C(=O)NC12CCC(C(=O)O)(CC1)C[C@H]2Oc1ccccc1OC(F)F. The quantitative estimate of drug-likeness (QED) is 0.271. The van der Waals surface area contributed by atoms with Crippen molar-refractivity contribution in [2.24, 2.45) is 5.41 Å². The smallest absolute Gasteiger partial charge is 0.387 e. The number of pyridine rings is 1. The number of ether oxygens (including phenoxy) is 2. The second-order valence-corrected chi connectivity index (χ2v) is 12.6. The molecule has 2 bridgehead atoms. The van der Waals surface area contributed by atoms with Crippen molar-refractivity contribution < 1.29 is 41.7 Å². The van der Waals surface area contributed by atoms with E-state index in [0.717, 1.165) is 0 Å². The van der Waals surface area contributed by atoms with Crippen LogP contribution in [0.4, 0.5) is 23.4 Å². The number of amides is 1. The lowest BCUT2D eigenvalue weighted by atomic mass is 9.55. The predicted octanol–water partition coefficient (Wildman–Crippen LogP) is 6.33. The summed E-state index contributed by atoms with van der Waals surface area (Å²) in [6.07, 6.45) is 0.267. The van der Waals surface area contributed by atoms with Crippen LogP contribution in [0.5, 0.6) is 11.5 Å². The van der Waals surface area contributed by atoms with Crippen molar-refractivity contribution in [3.05, 3.63) is 58.1 Å². The Balaban J connectivity index is 1.39. The molecule has 4 fully saturated rings. The molecule has 1 amide bonds. The van der Waals surface area contributed by atoms with Gasteiger partial charge in [-0.2, -0.15) is 8.78 Å². The van der Waals surface area contributed by atoms with E-state index in [-0.39, 0.29) is 55.0 Å². The number of alkyl halides is 4. The molecule has 2 heterocycles. The number of nitrogens with one attached hydrogen (secondary N) is 1. The Labute approximate surface area is 252 Å². The minimum atomic E-state index is -3.10. The van der Waals surface area contributed by atoms with Crippen molar-refractivity contribution in [3.8, 4) is 11.5 Å². The highest BCUT2D eigenvalue weighted by atomic mass is 79.9. The van der Waals surface area contributed by atoms with E-state index in [2.05, 4.69) is 31.0 Å². The van der Waals surface area contributed by atoms with Crippen molar-refractivity contribution in [2.75, 3.05) is 18.0 Å². The standard InChI is InChI=1S/C30H28BrF4N3O5/c1-16-23(18-12-17(31)6-7-19(18)36-24(16)38-14-30(34,35)15-38)25(39)37-29-10-8-28(9-11-29,26(40)41)13-22(29)42-20-4-2-3-5-21(20)43-27(32)33/h2-7,12,22,27H,8-11,13-15H2,1H3,(H,37,39)(H,40,41)/t22-,28?,29?/m1/s1. The number of para-hydroxylation sites is 2. The number of rotatable bonds is 8. The van der Waals surface area contributed by atoms with Crippen LogP contribution in [0, 0.1) is 12.3 Å². The summed E-state index contributed by atoms with van der Waals surface area (Å²) in [6, 6.07) is 11.0. The zero-order valence-corrected chi connectivity index (χ0v) is 24.6. The van der Waals surface area contributed by atoms with Gasteiger partial charge in [-0.25, -0.2) is 13.8 Å². The summed E-state index contributed by atoms with van der Waals surface area (Å²) >= 11 is 3.44. The summed E-state index contributed by atoms with van der Waals surface area (Å²) in [5, 5.41) is 13.8. The molecule has 1 saturated heterocycles. The third-order valence-electron chi connectivity index (χ3n) is 8.98. The number of hydrogen-bond donors (Lipinski definition) is 2. The summed E-state index contributed by atoms with van der Waals surface area (Å²) in [4.78, 5) is 32.6. The number of aromatic nitrogens is 1. The predicted molar refractivity (Wildman–Crippen MR) is 152 cm³/mol. The number of hydrogen-bond acceptors (Lipinski definition) is 6. The first kappa shape index (κ1) is 29.5. The highest BCUT2D eigenvalue weighted by Crippen LogP contribution is 2.54. The number of nitrogens with zero attached hydrogens (tertiary/aromatic N) is 2. The number of aliphatic carboxylic acids is 1. The fourth-order valence-electron chi connectivity index (χ4n) is 6.68. The molecule has 1 aliphatic heterocycles. The molecular formula is C30H28BrF4N3O5. The van der Waals surface area contributed by atoms with Gasteiger partial charge in [-0.05, 0) is 62.9 Å². The molecule has 4 aliphatic rings.